The number of piperidine rings is 1. The molecule has 1 aromatic carbocycles. The lowest BCUT2D eigenvalue weighted by atomic mass is 9.98. The quantitative estimate of drug-likeness (QED) is 0.884. The number of hydrogen-bond donors (Lipinski definition) is 1. The van der Waals surface area contributed by atoms with Crippen molar-refractivity contribution >= 4 is 5.91 Å². The van der Waals surface area contributed by atoms with Crippen molar-refractivity contribution in [2.45, 2.75) is 31.7 Å². The predicted octanol–water partition coefficient (Wildman–Crippen LogP) is 2.00. The van der Waals surface area contributed by atoms with Crippen LogP contribution in [-0.4, -0.2) is 37.0 Å². The Bertz CT molecular complexity index is 385. The second kappa shape index (κ2) is 6.01. The molecular formula is C15H22N2O. The molecule has 0 spiro atoms. The van der Waals surface area contributed by atoms with Gasteiger partial charge in [0.2, 0.25) is 5.91 Å². The maximum absolute atomic E-state index is 12.4. The van der Waals surface area contributed by atoms with Gasteiger partial charge in [0.15, 0.2) is 0 Å². The fourth-order valence-corrected chi connectivity index (χ4v) is 2.53. The highest BCUT2D eigenvalue weighted by Gasteiger charge is 2.25. The SMILES string of the molecule is CC(C(=O)N(C)C1CCCNC1)c1ccccc1. The topological polar surface area (TPSA) is 32.3 Å². The summed E-state index contributed by atoms with van der Waals surface area (Å²) in [6.45, 7) is 3.99. The molecule has 98 valence electrons. The summed E-state index contributed by atoms with van der Waals surface area (Å²) in [7, 11) is 1.93. The normalized spacial score (nSPS) is 21.3. The number of nitrogens with zero attached hydrogens (tertiary/aromatic N) is 1. The molecule has 1 amide bonds. The van der Waals surface area contributed by atoms with Gasteiger partial charge in [-0.1, -0.05) is 30.3 Å². The fraction of sp³-hybridized carbons (Fsp3) is 0.533. The molecule has 1 aromatic rings. The molecule has 0 aliphatic carbocycles. The average Bonchev–Trinajstić information content (AvgIpc) is 2.47. The van der Waals surface area contributed by atoms with Crippen LogP contribution >= 0.6 is 0 Å². The van der Waals surface area contributed by atoms with Gasteiger partial charge in [-0.2, -0.15) is 0 Å². The second-order valence-corrected chi connectivity index (χ2v) is 5.08. The molecule has 18 heavy (non-hydrogen) atoms. The van der Waals surface area contributed by atoms with Crippen LogP contribution in [0.3, 0.4) is 0 Å². The lowest BCUT2D eigenvalue weighted by Crippen LogP contribution is -2.47. The van der Waals surface area contributed by atoms with Crippen LogP contribution in [-0.2, 0) is 4.79 Å². The summed E-state index contributed by atoms with van der Waals surface area (Å²) >= 11 is 0. The van der Waals surface area contributed by atoms with Crippen LogP contribution in [0.2, 0.25) is 0 Å². The van der Waals surface area contributed by atoms with E-state index in [0.29, 0.717) is 6.04 Å². The molecule has 2 unspecified atom stereocenters. The lowest BCUT2D eigenvalue weighted by Gasteiger charge is -2.33. The van der Waals surface area contributed by atoms with E-state index in [-0.39, 0.29) is 11.8 Å². The number of likely N-dealkylation sites (N-methyl/N-ethyl adjacent to an activating group) is 1. The summed E-state index contributed by atoms with van der Waals surface area (Å²) in [5.41, 5.74) is 1.10. The molecule has 1 aliphatic rings. The summed E-state index contributed by atoms with van der Waals surface area (Å²) in [5, 5.41) is 3.36. The number of nitrogens with one attached hydrogen (secondary N) is 1. The van der Waals surface area contributed by atoms with Gasteiger partial charge in [-0.3, -0.25) is 4.79 Å². The van der Waals surface area contributed by atoms with Gasteiger partial charge in [-0.15, -0.1) is 0 Å². The third-order valence-corrected chi connectivity index (χ3v) is 3.84. The van der Waals surface area contributed by atoms with Gasteiger partial charge >= 0.3 is 0 Å². The Morgan fingerprint density at radius 3 is 2.72 bits per heavy atom. The molecule has 2 atom stereocenters. The molecule has 1 saturated heterocycles. The first-order valence-corrected chi connectivity index (χ1v) is 6.72. The zero-order chi connectivity index (χ0) is 13.0. The van der Waals surface area contributed by atoms with E-state index in [2.05, 4.69) is 5.32 Å². The summed E-state index contributed by atoms with van der Waals surface area (Å²) in [5.74, 6) is 0.160. The molecule has 2 rings (SSSR count). The van der Waals surface area contributed by atoms with E-state index < -0.39 is 0 Å². The summed E-state index contributed by atoms with van der Waals surface area (Å²) in [6, 6.07) is 10.3. The Labute approximate surface area is 109 Å². The van der Waals surface area contributed by atoms with Crippen molar-refractivity contribution in [3.63, 3.8) is 0 Å². The largest absolute Gasteiger partial charge is 0.341 e. The number of carbonyl (C=O) groups excluding carboxylic acids is 1. The fourth-order valence-electron chi connectivity index (χ4n) is 2.53. The van der Waals surface area contributed by atoms with E-state index in [1.807, 2.05) is 49.2 Å². The third-order valence-electron chi connectivity index (χ3n) is 3.84. The molecule has 0 radical (unpaired) electrons. The van der Waals surface area contributed by atoms with Crippen molar-refractivity contribution in [1.29, 1.82) is 0 Å². The number of hydrogen-bond acceptors (Lipinski definition) is 2. The van der Waals surface area contributed by atoms with Crippen LogP contribution in [0.4, 0.5) is 0 Å². The van der Waals surface area contributed by atoms with Crippen molar-refractivity contribution in [2.24, 2.45) is 0 Å². The highest BCUT2D eigenvalue weighted by Crippen LogP contribution is 2.19. The third kappa shape index (κ3) is 2.91. The zero-order valence-corrected chi connectivity index (χ0v) is 11.2. The van der Waals surface area contributed by atoms with Crippen molar-refractivity contribution < 1.29 is 4.79 Å². The summed E-state index contributed by atoms with van der Waals surface area (Å²) < 4.78 is 0. The van der Waals surface area contributed by atoms with Gasteiger partial charge in [0.1, 0.15) is 0 Å². The van der Waals surface area contributed by atoms with Crippen LogP contribution in [0.25, 0.3) is 0 Å². The minimum Gasteiger partial charge on any atom is -0.341 e. The highest BCUT2D eigenvalue weighted by molar-refractivity contribution is 5.83. The van der Waals surface area contributed by atoms with Crippen molar-refractivity contribution in [3.8, 4) is 0 Å². The first kappa shape index (κ1) is 13.1. The standard InChI is InChI=1S/C15H22N2O/c1-12(13-7-4-3-5-8-13)15(18)17(2)14-9-6-10-16-11-14/h3-5,7-8,12,14,16H,6,9-11H2,1-2H3. The molecule has 1 N–H and O–H groups in total. The maximum atomic E-state index is 12.4. The van der Waals surface area contributed by atoms with Crippen molar-refractivity contribution in [1.82, 2.24) is 10.2 Å². The summed E-state index contributed by atoms with van der Waals surface area (Å²) in [4.78, 5) is 14.4. The van der Waals surface area contributed by atoms with E-state index in [0.717, 1.165) is 31.5 Å². The molecule has 0 aromatic heterocycles. The number of rotatable bonds is 3. The Hall–Kier alpha value is -1.35. The van der Waals surface area contributed by atoms with Gasteiger partial charge < -0.3 is 10.2 Å². The van der Waals surface area contributed by atoms with Gasteiger partial charge in [-0.05, 0) is 31.9 Å². The van der Waals surface area contributed by atoms with Crippen molar-refractivity contribution in [2.75, 3.05) is 20.1 Å². The first-order valence-electron chi connectivity index (χ1n) is 6.72. The summed E-state index contributed by atoms with van der Waals surface area (Å²) in [6.07, 6.45) is 2.26. The van der Waals surface area contributed by atoms with Crippen LogP contribution in [0.5, 0.6) is 0 Å². The predicted molar refractivity (Wildman–Crippen MR) is 73.5 cm³/mol. The number of benzene rings is 1. The molecule has 3 nitrogen and oxygen atoms in total. The monoisotopic (exact) mass is 246 g/mol. The van der Waals surface area contributed by atoms with E-state index in [4.69, 9.17) is 0 Å². The number of carbonyl (C=O) groups is 1. The molecule has 0 bridgehead atoms. The Balaban J connectivity index is 2.01. The van der Waals surface area contributed by atoms with E-state index in [9.17, 15) is 4.79 Å². The Morgan fingerprint density at radius 1 is 1.39 bits per heavy atom. The van der Waals surface area contributed by atoms with Crippen LogP contribution in [0.15, 0.2) is 30.3 Å². The number of amides is 1. The smallest absolute Gasteiger partial charge is 0.229 e. The van der Waals surface area contributed by atoms with Crippen molar-refractivity contribution in [3.05, 3.63) is 35.9 Å². The van der Waals surface area contributed by atoms with Gasteiger partial charge in [-0.25, -0.2) is 0 Å². The van der Waals surface area contributed by atoms with Crippen LogP contribution < -0.4 is 5.32 Å². The molecule has 0 saturated carbocycles. The molecular weight excluding hydrogens is 224 g/mol. The minimum atomic E-state index is -0.0573. The van der Waals surface area contributed by atoms with Gasteiger partial charge in [0.05, 0.1) is 5.92 Å². The first-order chi connectivity index (χ1) is 8.70. The van der Waals surface area contributed by atoms with Gasteiger partial charge in [0.25, 0.3) is 0 Å². The maximum Gasteiger partial charge on any atom is 0.229 e. The minimum absolute atomic E-state index is 0.0573. The zero-order valence-electron chi connectivity index (χ0n) is 11.2. The van der Waals surface area contributed by atoms with Crippen LogP contribution in [0.1, 0.15) is 31.2 Å². The average molecular weight is 246 g/mol. The second-order valence-electron chi connectivity index (χ2n) is 5.08. The molecule has 1 heterocycles. The molecule has 3 heteroatoms. The van der Waals surface area contributed by atoms with E-state index >= 15 is 0 Å². The van der Waals surface area contributed by atoms with E-state index in [1.54, 1.807) is 0 Å². The lowest BCUT2D eigenvalue weighted by molar-refractivity contribution is -0.133. The van der Waals surface area contributed by atoms with E-state index in [1.165, 1.54) is 0 Å². The Morgan fingerprint density at radius 2 is 2.11 bits per heavy atom. The molecule has 1 aliphatic heterocycles. The highest BCUT2D eigenvalue weighted by atomic mass is 16.2. The Kier molecular flexibility index (Phi) is 4.37. The molecule has 1 fully saturated rings. The van der Waals surface area contributed by atoms with Gasteiger partial charge in [0, 0.05) is 19.6 Å². The van der Waals surface area contributed by atoms with Crippen LogP contribution in [0, 0.1) is 0 Å².